The van der Waals surface area contributed by atoms with Crippen LogP contribution < -0.4 is 10.0 Å². The Morgan fingerprint density at radius 1 is 1.21 bits per heavy atom. The van der Waals surface area contributed by atoms with E-state index >= 15 is 0 Å². The van der Waals surface area contributed by atoms with Crippen molar-refractivity contribution in [3.05, 3.63) is 29.8 Å². The zero-order chi connectivity index (χ0) is 17.6. The normalized spacial score (nSPS) is 18.0. The Morgan fingerprint density at radius 3 is 2.38 bits per heavy atom. The fourth-order valence-corrected chi connectivity index (χ4v) is 4.40. The van der Waals surface area contributed by atoms with Crippen LogP contribution in [0.5, 0.6) is 0 Å². The summed E-state index contributed by atoms with van der Waals surface area (Å²) in [6, 6.07) is 7.21. The van der Waals surface area contributed by atoms with Gasteiger partial charge in [0, 0.05) is 19.1 Å². The lowest BCUT2D eigenvalue weighted by Gasteiger charge is -2.37. The van der Waals surface area contributed by atoms with E-state index < -0.39 is 10.0 Å². The monoisotopic (exact) mass is 354 g/mol. The first-order valence-corrected chi connectivity index (χ1v) is 10.1. The van der Waals surface area contributed by atoms with Crippen LogP contribution in [0.1, 0.15) is 32.3 Å². The van der Waals surface area contributed by atoms with Crippen LogP contribution in [0.3, 0.4) is 0 Å². The van der Waals surface area contributed by atoms with Gasteiger partial charge in [-0.3, -0.25) is 0 Å². The highest BCUT2D eigenvalue weighted by atomic mass is 32.2. The van der Waals surface area contributed by atoms with Gasteiger partial charge in [-0.1, -0.05) is 26.0 Å². The minimum absolute atomic E-state index is 0.120. The standard InChI is InChI=1S/C18H30N2O3S/c1-15(2)12-16-4-6-17(7-5-16)24(21,22)20-13-18(14-23-3)8-10-19-11-9-18/h4-7,15,19-20H,8-14H2,1-3H3. The molecule has 0 aromatic heterocycles. The fraction of sp³-hybridized carbons (Fsp3) is 0.667. The van der Waals surface area contributed by atoms with Gasteiger partial charge in [0.25, 0.3) is 0 Å². The molecule has 0 amide bonds. The number of hydrogen-bond donors (Lipinski definition) is 2. The molecule has 1 aliphatic heterocycles. The number of nitrogens with one attached hydrogen (secondary N) is 2. The molecule has 0 unspecified atom stereocenters. The molecule has 2 rings (SSSR count). The molecular weight excluding hydrogens is 324 g/mol. The van der Waals surface area contributed by atoms with Crippen molar-refractivity contribution in [3.63, 3.8) is 0 Å². The lowest BCUT2D eigenvalue weighted by molar-refractivity contribution is 0.0577. The van der Waals surface area contributed by atoms with Crippen LogP contribution in [-0.4, -0.2) is 41.8 Å². The van der Waals surface area contributed by atoms with Crippen LogP contribution >= 0.6 is 0 Å². The van der Waals surface area contributed by atoms with Crippen LogP contribution in [0.4, 0.5) is 0 Å². The molecule has 0 atom stereocenters. The Hall–Kier alpha value is -0.950. The number of piperidine rings is 1. The molecule has 2 N–H and O–H groups in total. The molecule has 0 spiro atoms. The van der Waals surface area contributed by atoms with Gasteiger partial charge < -0.3 is 10.1 Å². The van der Waals surface area contributed by atoms with Gasteiger partial charge in [-0.25, -0.2) is 13.1 Å². The Balaban J connectivity index is 2.04. The van der Waals surface area contributed by atoms with E-state index in [9.17, 15) is 8.42 Å². The third kappa shape index (κ3) is 5.28. The molecule has 1 aromatic carbocycles. The third-order valence-corrected chi connectivity index (χ3v) is 6.05. The molecule has 1 aliphatic rings. The van der Waals surface area contributed by atoms with Crippen molar-refractivity contribution in [1.29, 1.82) is 0 Å². The molecule has 0 bridgehead atoms. The molecule has 136 valence electrons. The van der Waals surface area contributed by atoms with Crippen LogP contribution in [0.25, 0.3) is 0 Å². The van der Waals surface area contributed by atoms with Crippen molar-refractivity contribution < 1.29 is 13.2 Å². The average molecular weight is 355 g/mol. The summed E-state index contributed by atoms with van der Waals surface area (Å²) in [6.07, 6.45) is 2.78. The summed E-state index contributed by atoms with van der Waals surface area (Å²) in [5.74, 6) is 0.555. The van der Waals surface area contributed by atoms with Gasteiger partial charge in [-0.15, -0.1) is 0 Å². The number of rotatable bonds is 8. The predicted octanol–water partition coefficient (Wildman–Crippen LogP) is 2.18. The highest BCUT2D eigenvalue weighted by Crippen LogP contribution is 2.29. The maximum atomic E-state index is 12.6. The maximum absolute atomic E-state index is 12.6. The second-order valence-electron chi connectivity index (χ2n) is 7.25. The van der Waals surface area contributed by atoms with Crippen molar-refractivity contribution in [3.8, 4) is 0 Å². The Kier molecular flexibility index (Phi) is 6.80. The Morgan fingerprint density at radius 2 is 1.83 bits per heavy atom. The zero-order valence-electron chi connectivity index (χ0n) is 15.0. The first-order chi connectivity index (χ1) is 11.4. The largest absolute Gasteiger partial charge is 0.384 e. The van der Waals surface area contributed by atoms with Gasteiger partial charge >= 0.3 is 0 Å². The van der Waals surface area contributed by atoms with Crippen molar-refractivity contribution in [2.24, 2.45) is 11.3 Å². The minimum Gasteiger partial charge on any atom is -0.384 e. The van der Waals surface area contributed by atoms with Gasteiger partial charge in [-0.05, 0) is 56.0 Å². The van der Waals surface area contributed by atoms with Gasteiger partial charge in [0.1, 0.15) is 0 Å². The summed E-state index contributed by atoms with van der Waals surface area (Å²) >= 11 is 0. The van der Waals surface area contributed by atoms with E-state index in [0.717, 1.165) is 37.9 Å². The van der Waals surface area contributed by atoms with Crippen molar-refractivity contribution in [2.75, 3.05) is 33.4 Å². The predicted molar refractivity (Wildman–Crippen MR) is 96.6 cm³/mol. The summed E-state index contributed by atoms with van der Waals surface area (Å²) in [7, 11) is -1.81. The van der Waals surface area contributed by atoms with E-state index in [1.165, 1.54) is 0 Å². The molecule has 5 nitrogen and oxygen atoms in total. The summed E-state index contributed by atoms with van der Waals surface area (Å²) in [6.45, 7) is 7.09. The molecule has 1 fully saturated rings. The number of methoxy groups -OCH3 is 1. The van der Waals surface area contributed by atoms with Crippen LogP contribution in [0.2, 0.25) is 0 Å². The SMILES string of the molecule is COCC1(CNS(=O)(=O)c2ccc(CC(C)C)cc2)CCNCC1. The quantitative estimate of drug-likeness (QED) is 0.751. The summed E-state index contributed by atoms with van der Waals surface area (Å²) < 4.78 is 33.3. The van der Waals surface area contributed by atoms with Gasteiger partial charge in [0.05, 0.1) is 11.5 Å². The summed E-state index contributed by atoms with van der Waals surface area (Å²) in [5.41, 5.74) is 1.04. The van der Waals surface area contributed by atoms with Gasteiger partial charge in [0.15, 0.2) is 0 Å². The topological polar surface area (TPSA) is 67.4 Å². The average Bonchev–Trinajstić information content (AvgIpc) is 2.54. The van der Waals surface area contributed by atoms with E-state index in [1.54, 1.807) is 19.2 Å². The van der Waals surface area contributed by atoms with E-state index in [-0.39, 0.29) is 5.41 Å². The van der Waals surface area contributed by atoms with Crippen LogP contribution in [0.15, 0.2) is 29.2 Å². The number of hydrogen-bond acceptors (Lipinski definition) is 4. The van der Waals surface area contributed by atoms with E-state index in [4.69, 9.17) is 4.74 Å². The molecule has 0 aliphatic carbocycles. The van der Waals surface area contributed by atoms with Crippen molar-refractivity contribution in [1.82, 2.24) is 10.0 Å². The number of sulfonamides is 1. The van der Waals surface area contributed by atoms with Gasteiger partial charge in [-0.2, -0.15) is 0 Å². The van der Waals surface area contributed by atoms with Crippen molar-refractivity contribution >= 4 is 10.0 Å². The second-order valence-corrected chi connectivity index (χ2v) is 9.02. The summed E-state index contributed by atoms with van der Waals surface area (Å²) in [5, 5.41) is 3.32. The summed E-state index contributed by atoms with van der Waals surface area (Å²) in [4.78, 5) is 0.330. The fourth-order valence-electron chi connectivity index (χ4n) is 3.24. The first kappa shape index (κ1) is 19.4. The van der Waals surface area contributed by atoms with Crippen LogP contribution in [0, 0.1) is 11.3 Å². The molecule has 1 saturated heterocycles. The smallest absolute Gasteiger partial charge is 0.240 e. The number of benzene rings is 1. The molecular formula is C18H30N2O3S. The Bertz CT molecular complexity index is 600. The Labute approximate surface area is 146 Å². The zero-order valence-corrected chi connectivity index (χ0v) is 15.8. The van der Waals surface area contributed by atoms with Crippen LogP contribution in [-0.2, 0) is 21.2 Å². The first-order valence-electron chi connectivity index (χ1n) is 8.65. The van der Waals surface area contributed by atoms with E-state index in [1.807, 2.05) is 12.1 Å². The second kappa shape index (κ2) is 8.43. The minimum atomic E-state index is -3.49. The molecule has 1 aromatic rings. The molecule has 0 saturated carbocycles. The molecule has 0 radical (unpaired) electrons. The molecule has 1 heterocycles. The lowest BCUT2D eigenvalue weighted by Crippen LogP contribution is -2.47. The van der Waals surface area contributed by atoms with Crippen molar-refractivity contribution in [2.45, 2.75) is 38.0 Å². The van der Waals surface area contributed by atoms with E-state index in [2.05, 4.69) is 23.9 Å². The van der Waals surface area contributed by atoms with E-state index in [0.29, 0.717) is 24.0 Å². The van der Waals surface area contributed by atoms with Gasteiger partial charge in [0.2, 0.25) is 10.0 Å². The molecule has 24 heavy (non-hydrogen) atoms. The maximum Gasteiger partial charge on any atom is 0.240 e. The lowest BCUT2D eigenvalue weighted by atomic mass is 9.80. The highest BCUT2D eigenvalue weighted by molar-refractivity contribution is 7.89. The number of ether oxygens (including phenoxy) is 1. The highest BCUT2D eigenvalue weighted by Gasteiger charge is 2.33. The molecule has 6 heteroatoms. The third-order valence-electron chi connectivity index (χ3n) is 4.63.